The molecule has 0 aliphatic carbocycles. The summed E-state index contributed by atoms with van der Waals surface area (Å²) in [6, 6.07) is 9.69. The fourth-order valence-corrected chi connectivity index (χ4v) is 1.57. The molecule has 0 saturated heterocycles. The van der Waals surface area contributed by atoms with Crippen molar-refractivity contribution in [2.75, 3.05) is 5.73 Å². The van der Waals surface area contributed by atoms with Crippen molar-refractivity contribution >= 4 is 16.7 Å². The van der Waals surface area contributed by atoms with Crippen LogP contribution in [0.25, 0.3) is 10.9 Å². The van der Waals surface area contributed by atoms with Gasteiger partial charge in [-0.3, -0.25) is 0 Å². The Labute approximate surface area is 102 Å². The summed E-state index contributed by atoms with van der Waals surface area (Å²) in [6.07, 6.45) is 0.156. The summed E-state index contributed by atoms with van der Waals surface area (Å²) in [4.78, 5) is 4.34. The predicted molar refractivity (Wildman–Crippen MR) is 71.1 cm³/mol. The zero-order chi connectivity index (χ0) is 12.4. The van der Waals surface area contributed by atoms with Gasteiger partial charge < -0.3 is 10.5 Å². The molecule has 1 aromatic carbocycles. The number of pyridine rings is 1. The van der Waals surface area contributed by atoms with Gasteiger partial charge in [0.2, 0.25) is 0 Å². The number of fused-ring (bicyclic) bond motifs is 1. The van der Waals surface area contributed by atoms with Crippen LogP contribution < -0.4 is 10.5 Å². The maximum Gasteiger partial charge on any atom is 0.146 e. The molecule has 3 heteroatoms. The molecule has 17 heavy (non-hydrogen) atoms. The van der Waals surface area contributed by atoms with Crippen LogP contribution in [0, 0.1) is 5.92 Å². The molecule has 1 heterocycles. The van der Waals surface area contributed by atoms with Crippen LogP contribution in [0.1, 0.15) is 20.8 Å². The van der Waals surface area contributed by atoms with E-state index in [1.165, 1.54) is 0 Å². The van der Waals surface area contributed by atoms with Crippen molar-refractivity contribution in [2.45, 2.75) is 26.9 Å². The molecule has 3 nitrogen and oxygen atoms in total. The lowest BCUT2D eigenvalue weighted by molar-refractivity contribution is 0.172. The molecule has 2 N–H and O–H groups in total. The summed E-state index contributed by atoms with van der Waals surface area (Å²) >= 11 is 0. The van der Waals surface area contributed by atoms with E-state index in [9.17, 15) is 0 Å². The van der Waals surface area contributed by atoms with Crippen molar-refractivity contribution in [3.63, 3.8) is 0 Å². The van der Waals surface area contributed by atoms with Crippen molar-refractivity contribution in [3.05, 3.63) is 30.3 Å². The highest BCUT2D eigenvalue weighted by atomic mass is 16.5. The number of nitrogens with zero attached hydrogens (tertiary/aromatic N) is 1. The van der Waals surface area contributed by atoms with Crippen LogP contribution in [0.3, 0.4) is 0 Å². The van der Waals surface area contributed by atoms with E-state index in [-0.39, 0.29) is 6.10 Å². The summed E-state index contributed by atoms with van der Waals surface area (Å²) in [5.41, 5.74) is 6.55. The second kappa shape index (κ2) is 4.62. The highest BCUT2D eigenvalue weighted by molar-refractivity contribution is 5.85. The van der Waals surface area contributed by atoms with E-state index in [4.69, 9.17) is 10.5 Å². The third kappa shape index (κ3) is 2.49. The summed E-state index contributed by atoms with van der Waals surface area (Å²) in [6.45, 7) is 6.34. The standard InChI is InChI=1S/C14H18N2O/c1-9(2)10(3)17-12-6-4-5-11-7-8-13(15)16-14(11)12/h4-10H,1-3H3,(H2,15,16)/t10-/m1/s1. The Morgan fingerprint density at radius 1 is 1.12 bits per heavy atom. The minimum Gasteiger partial charge on any atom is -0.488 e. The summed E-state index contributed by atoms with van der Waals surface area (Å²) in [5.74, 6) is 1.79. The fourth-order valence-electron chi connectivity index (χ4n) is 1.57. The molecule has 0 aliphatic rings. The Hall–Kier alpha value is -1.77. The Bertz CT molecular complexity index is 523. The zero-order valence-corrected chi connectivity index (χ0v) is 10.5. The van der Waals surface area contributed by atoms with Gasteiger partial charge in [0.1, 0.15) is 17.1 Å². The van der Waals surface area contributed by atoms with Crippen LogP contribution >= 0.6 is 0 Å². The number of hydrogen-bond donors (Lipinski definition) is 1. The lowest BCUT2D eigenvalue weighted by atomic mass is 10.1. The fraction of sp³-hybridized carbons (Fsp3) is 0.357. The van der Waals surface area contributed by atoms with Gasteiger partial charge in [0.05, 0.1) is 6.10 Å². The highest BCUT2D eigenvalue weighted by Crippen LogP contribution is 2.26. The van der Waals surface area contributed by atoms with Gasteiger partial charge in [-0.15, -0.1) is 0 Å². The van der Waals surface area contributed by atoms with E-state index in [2.05, 4.69) is 25.8 Å². The molecule has 0 amide bonds. The lowest BCUT2D eigenvalue weighted by Crippen LogP contribution is -2.18. The average molecular weight is 230 g/mol. The molecule has 2 aromatic rings. The van der Waals surface area contributed by atoms with Gasteiger partial charge in [-0.05, 0) is 31.0 Å². The van der Waals surface area contributed by atoms with E-state index in [0.717, 1.165) is 16.7 Å². The third-order valence-electron chi connectivity index (χ3n) is 2.96. The molecule has 0 bridgehead atoms. The monoisotopic (exact) mass is 230 g/mol. The average Bonchev–Trinajstić information content (AvgIpc) is 2.29. The minimum atomic E-state index is 0.156. The first kappa shape index (κ1) is 11.7. The molecule has 90 valence electrons. The van der Waals surface area contributed by atoms with Crippen LogP contribution in [-0.4, -0.2) is 11.1 Å². The number of para-hydroxylation sites is 1. The number of rotatable bonds is 3. The van der Waals surface area contributed by atoms with Crippen LogP contribution in [0.2, 0.25) is 0 Å². The number of anilines is 1. The first-order chi connectivity index (χ1) is 8.08. The number of nitrogen functional groups attached to an aromatic ring is 1. The lowest BCUT2D eigenvalue weighted by Gasteiger charge is -2.18. The van der Waals surface area contributed by atoms with E-state index < -0.39 is 0 Å². The van der Waals surface area contributed by atoms with Gasteiger partial charge >= 0.3 is 0 Å². The number of hydrogen-bond acceptors (Lipinski definition) is 3. The Morgan fingerprint density at radius 2 is 1.88 bits per heavy atom. The van der Waals surface area contributed by atoms with Gasteiger partial charge in [-0.25, -0.2) is 4.98 Å². The van der Waals surface area contributed by atoms with E-state index in [1.807, 2.05) is 24.3 Å². The molecule has 0 unspecified atom stereocenters. The topological polar surface area (TPSA) is 48.1 Å². The van der Waals surface area contributed by atoms with Crippen LogP contribution in [-0.2, 0) is 0 Å². The smallest absolute Gasteiger partial charge is 0.146 e. The maximum absolute atomic E-state index is 5.93. The Balaban J connectivity index is 2.43. The van der Waals surface area contributed by atoms with E-state index in [0.29, 0.717) is 11.7 Å². The first-order valence-electron chi connectivity index (χ1n) is 5.90. The summed E-state index contributed by atoms with van der Waals surface area (Å²) < 4.78 is 5.93. The Kier molecular flexibility index (Phi) is 3.18. The number of benzene rings is 1. The van der Waals surface area contributed by atoms with Gasteiger partial charge in [-0.1, -0.05) is 26.0 Å². The van der Waals surface area contributed by atoms with Crippen LogP contribution in [0.5, 0.6) is 5.75 Å². The maximum atomic E-state index is 5.93. The normalized spacial score (nSPS) is 12.9. The molecular formula is C14H18N2O. The SMILES string of the molecule is CC(C)[C@@H](C)Oc1cccc2ccc(N)nc12. The zero-order valence-electron chi connectivity index (χ0n) is 10.5. The largest absolute Gasteiger partial charge is 0.488 e. The molecule has 0 spiro atoms. The number of nitrogens with two attached hydrogens (primary N) is 1. The molecular weight excluding hydrogens is 212 g/mol. The van der Waals surface area contributed by atoms with Crippen molar-refractivity contribution in [1.29, 1.82) is 0 Å². The first-order valence-corrected chi connectivity index (χ1v) is 5.90. The van der Waals surface area contributed by atoms with Crippen molar-refractivity contribution in [2.24, 2.45) is 5.92 Å². The highest BCUT2D eigenvalue weighted by Gasteiger charge is 2.11. The molecule has 2 rings (SSSR count). The van der Waals surface area contributed by atoms with Gasteiger partial charge in [-0.2, -0.15) is 0 Å². The second-order valence-electron chi connectivity index (χ2n) is 4.63. The van der Waals surface area contributed by atoms with Crippen LogP contribution in [0.4, 0.5) is 5.82 Å². The Morgan fingerprint density at radius 3 is 2.59 bits per heavy atom. The quantitative estimate of drug-likeness (QED) is 0.880. The molecule has 0 aliphatic heterocycles. The van der Waals surface area contributed by atoms with Crippen molar-refractivity contribution in [1.82, 2.24) is 4.98 Å². The summed E-state index contributed by atoms with van der Waals surface area (Å²) in [5, 5.41) is 1.05. The number of ether oxygens (including phenoxy) is 1. The van der Waals surface area contributed by atoms with Gasteiger partial charge in [0, 0.05) is 5.39 Å². The van der Waals surface area contributed by atoms with Gasteiger partial charge in [0.15, 0.2) is 0 Å². The van der Waals surface area contributed by atoms with Crippen molar-refractivity contribution in [3.8, 4) is 5.75 Å². The van der Waals surface area contributed by atoms with Gasteiger partial charge in [0.25, 0.3) is 0 Å². The van der Waals surface area contributed by atoms with E-state index >= 15 is 0 Å². The third-order valence-corrected chi connectivity index (χ3v) is 2.96. The molecule has 1 atom stereocenters. The molecule has 1 aromatic heterocycles. The molecule has 0 fully saturated rings. The van der Waals surface area contributed by atoms with E-state index in [1.54, 1.807) is 6.07 Å². The van der Waals surface area contributed by atoms with Crippen LogP contribution in [0.15, 0.2) is 30.3 Å². The second-order valence-corrected chi connectivity index (χ2v) is 4.63. The van der Waals surface area contributed by atoms with Crippen molar-refractivity contribution < 1.29 is 4.74 Å². The number of aromatic nitrogens is 1. The predicted octanol–water partition coefficient (Wildman–Crippen LogP) is 3.24. The molecule has 0 radical (unpaired) electrons. The molecule has 0 saturated carbocycles. The minimum absolute atomic E-state index is 0.156. The summed E-state index contributed by atoms with van der Waals surface area (Å²) in [7, 11) is 0.